The van der Waals surface area contributed by atoms with Gasteiger partial charge in [0.25, 0.3) is 5.78 Å². The fourth-order valence-electron chi connectivity index (χ4n) is 2.13. The Hall–Kier alpha value is -2.06. The highest BCUT2D eigenvalue weighted by Crippen LogP contribution is 2.15. The number of aromatic nitrogens is 5. The van der Waals surface area contributed by atoms with Crippen molar-refractivity contribution in [2.45, 2.75) is 26.4 Å². The first-order chi connectivity index (χ1) is 10.8. The van der Waals surface area contributed by atoms with Gasteiger partial charge in [-0.15, -0.1) is 11.3 Å². The standard InChI is InChI=1S/C14H18N6OS/c1-3-11-7-16-13(22-11)4-5-15-12-6-10(8-21-2)19-14-17-9-18-20(12)14/h6-7,9,15H,3-5,8H2,1-2H3. The molecule has 1 N–H and O–H groups in total. The van der Waals surface area contributed by atoms with Gasteiger partial charge in [-0.3, -0.25) is 0 Å². The van der Waals surface area contributed by atoms with Crippen molar-refractivity contribution < 1.29 is 4.74 Å². The first kappa shape index (κ1) is 14.9. The Balaban J connectivity index is 1.70. The number of anilines is 1. The van der Waals surface area contributed by atoms with Crippen LogP contribution in [0, 0.1) is 0 Å². The van der Waals surface area contributed by atoms with Crippen molar-refractivity contribution in [1.29, 1.82) is 0 Å². The molecule has 7 nitrogen and oxygen atoms in total. The Morgan fingerprint density at radius 3 is 3.05 bits per heavy atom. The molecular formula is C14H18N6OS. The van der Waals surface area contributed by atoms with Gasteiger partial charge in [-0.2, -0.15) is 14.6 Å². The second-order valence-corrected chi connectivity index (χ2v) is 5.99. The number of fused-ring (bicyclic) bond motifs is 1. The lowest BCUT2D eigenvalue weighted by molar-refractivity contribution is 0.181. The van der Waals surface area contributed by atoms with Crippen LogP contribution in [0.1, 0.15) is 22.5 Å². The van der Waals surface area contributed by atoms with Gasteiger partial charge < -0.3 is 10.1 Å². The zero-order valence-corrected chi connectivity index (χ0v) is 13.4. The van der Waals surface area contributed by atoms with Crippen molar-refractivity contribution in [1.82, 2.24) is 24.6 Å². The fraction of sp³-hybridized carbons (Fsp3) is 0.429. The van der Waals surface area contributed by atoms with E-state index in [2.05, 4.69) is 32.3 Å². The molecular weight excluding hydrogens is 300 g/mol. The van der Waals surface area contributed by atoms with E-state index >= 15 is 0 Å². The van der Waals surface area contributed by atoms with Gasteiger partial charge in [-0.05, 0) is 6.42 Å². The third kappa shape index (κ3) is 3.23. The molecule has 0 atom stereocenters. The van der Waals surface area contributed by atoms with Gasteiger partial charge in [0.1, 0.15) is 12.1 Å². The predicted octanol–water partition coefficient (Wildman–Crippen LogP) is 1.94. The number of rotatable bonds is 7. The molecule has 3 aromatic heterocycles. The molecule has 8 heteroatoms. The van der Waals surface area contributed by atoms with Crippen LogP contribution in [0.4, 0.5) is 5.82 Å². The molecule has 0 aromatic carbocycles. The summed E-state index contributed by atoms with van der Waals surface area (Å²) >= 11 is 1.77. The number of nitrogens with zero attached hydrogens (tertiary/aromatic N) is 5. The molecule has 0 fully saturated rings. The second-order valence-electron chi connectivity index (χ2n) is 4.79. The lowest BCUT2D eigenvalue weighted by Gasteiger charge is -2.08. The number of ether oxygens (including phenoxy) is 1. The second kappa shape index (κ2) is 6.80. The van der Waals surface area contributed by atoms with Crippen LogP contribution < -0.4 is 5.32 Å². The van der Waals surface area contributed by atoms with E-state index in [1.54, 1.807) is 23.0 Å². The minimum atomic E-state index is 0.449. The Bertz CT molecular complexity index is 753. The Kier molecular flexibility index (Phi) is 4.59. The summed E-state index contributed by atoms with van der Waals surface area (Å²) in [5.74, 6) is 1.43. The minimum absolute atomic E-state index is 0.449. The number of methoxy groups -OCH3 is 1. The summed E-state index contributed by atoms with van der Waals surface area (Å²) in [6.07, 6.45) is 5.37. The van der Waals surface area contributed by atoms with Crippen molar-refractivity contribution >= 4 is 22.9 Å². The third-order valence-corrected chi connectivity index (χ3v) is 4.39. The SMILES string of the molecule is CCc1cnc(CCNc2cc(COC)nc3ncnn23)s1. The molecule has 0 saturated carbocycles. The van der Waals surface area contributed by atoms with Gasteiger partial charge in [0, 0.05) is 37.2 Å². The van der Waals surface area contributed by atoms with E-state index in [4.69, 9.17) is 4.74 Å². The monoisotopic (exact) mass is 318 g/mol. The van der Waals surface area contributed by atoms with Crippen LogP contribution in [-0.2, 0) is 24.2 Å². The van der Waals surface area contributed by atoms with Gasteiger partial charge in [-0.1, -0.05) is 6.92 Å². The molecule has 3 rings (SSSR count). The van der Waals surface area contributed by atoms with E-state index in [0.29, 0.717) is 12.4 Å². The highest BCUT2D eigenvalue weighted by molar-refractivity contribution is 7.11. The lowest BCUT2D eigenvalue weighted by Crippen LogP contribution is -2.11. The van der Waals surface area contributed by atoms with Gasteiger partial charge >= 0.3 is 0 Å². The number of nitrogens with one attached hydrogen (secondary N) is 1. The average molecular weight is 318 g/mol. The Labute approximate surface area is 132 Å². The van der Waals surface area contributed by atoms with E-state index in [1.807, 2.05) is 12.3 Å². The Morgan fingerprint density at radius 2 is 2.27 bits per heavy atom. The topological polar surface area (TPSA) is 77.2 Å². The Morgan fingerprint density at radius 1 is 1.36 bits per heavy atom. The van der Waals surface area contributed by atoms with Gasteiger partial charge in [0.05, 0.1) is 17.3 Å². The average Bonchev–Trinajstić information content (AvgIpc) is 3.16. The summed E-state index contributed by atoms with van der Waals surface area (Å²) in [6.45, 7) is 3.37. The van der Waals surface area contributed by atoms with E-state index in [1.165, 1.54) is 11.2 Å². The van der Waals surface area contributed by atoms with Crippen molar-refractivity contribution in [3.8, 4) is 0 Å². The van der Waals surface area contributed by atoms with Crippen LogP contribution in [0.3, 0.4) is 0 Å². The summed E-state index contributed by atoms with van der Waals surface area (Å²) in [6, 6.07) is 1.94. The summed E-state index contributed by atoms with van der Waals surface area (Å²) < 4.78 is 6.83. The highest BCUT2D eigenvalue weighted by atomic mass is 32.1. The summed E-state index contributed by atoms with van der Waals surface area (Å²) in [4.78, 5) is 14.3. The molecule has 3 heterocycles. The van der Waals surface area contributed by atoms with Crippen molar-refractivity contribution in [2.75, 3.05) is 19.0 Å². The molecule has 0 radical (unpaired) electrons. The lowest BCUT2D eigenvalue weighted by atomic mass is 10.4. The maximum absolute atomic E-state index is 5.14. The largest absolute Gasteiger partial charge is 0.378 e. The number of aryl methyl sites for hydroxylation is 1. The van der Waals surface area contributed by atoms with Crippen LogP contribution in [0.2, 0.25) is 0 Å². The molecule has 0 saturated heterocycles. The first-order valence-electron chi connectivity index (χ1n) is 7.16. The van der Waals surface area contributed by atoms with E-state index in [0.717, 1.165) is 35.9 Å². The number of hydrogen-bond acceptors (Lipinski definition) is 7. The third-order valence-electron chi connectivity index (χ3n) is 3.19. The molecule has 116 valence electrons. The molecule has 0 aliphatic heterocycles. The highest BCUT2D eigenvalue weighted by Gasteiger charge is 2.08. The molecule has 0 aliphatic carbocycles. The van der Waals surface area contributed by atoms with Gasteiger partial charge in [0.15, 0.2) is 0 Å². The zero-order valence-electron chi connectivity index (χ0n) is 12.6. The fourth-order valence-corrected chi connectivity index (χ4v) is 3.00. The normalized spacial score (nSPS) is 11.2. The van der Waals surface area contributed by atoms with Gasteiger partial charge in [-0.25, -0.2) is 9.97 Å². The smallest absolute Gasteiger partial charge is 0.254 e. The van der Waals surface area contributed by atoms with Crippen molar-refractivity contribution in [3.63, 3.8) is 0 Å². The van der Waals surface area contributed by atoms with Crippen LogP contribution in [-0.4, -0.2) is 38.2 Å². The summed E-state index contributed by atoms with van der Waals surface area (Å²) in [5.41, 5.74) is 0.827. The summed E-state index contributed by atoms with van der Waals surface area (Å²) in [7, 11) is 1.65. The number of hydrogen-bond donors (Lipinski definition) is 1. The molecule has 0 amide bonds. The van der Waals surface area contributed by atoms with E-state index in [9.17, 15) is 0 Å². The van der Waals surface area contributed by atoms with Crippen molar-refractivity contribution in [3.05, 3.63) is 34.2 Å². The molecule has 0 aliphatic rings. The molecule has 22 heavy (non-hydrogen) atoms. The predicted molar refractivity (Wildman–Crippen MR) is 85.2 cm³/mol. The molecule has 0 spiro atoms. The summed E-state index contributed by atoms with van der Waals surface area (Å²) in [5, 5.41) is 8.71. The molecule has 0 unspecified atom stereocenters. The van der Waals surface area contributed by atoms with Crippen LogP contribution in [0.5, 0.6) is 0 Å². The van der Waals surface area contributed by atoms with Crippen molar-refractivity contribution in [2.24, 2.45) is 0 Å². The van der Waals surface area contributed by atoms with E-state index < -0.39 is 0 Å². The molecule has 3 aromatic rings. The molecule has 0 bridgehead atoms. The van der Waals surface area contributed by atoms with Crippen LogP contribution >= 0.6 is 11.3 Å². The first-order valence-corrected chi connectivity index (χ1v) is 7.98. The van der Waals surface area contributed by atoms with E-state index in [-0.39, 0.29) is 0 Å². The number of thiazole rings is 1. The quantitative estimate of drug-likeness (QED) is 0.717. The minimum Gasteiger partial charge on any atom is -0.378 e. The zero-order chi connectivity index (χ0) is 15.4. The van der Waals surface area contributed by atoms with Crippen LogP contribution in [0.15, 0.2) is 18.6 Å². The van der Waals surface area contributed by atoms with Crippen LogP contribution in [0.25, 0.3) is 5.78 Å². The maximum Gasteiger partial charge on any atom is 0.254 e. The maximum atomic E-state index is 5.14. The van der Waals surface area contributed by atoms with Gasteiger partial charge in [0.2, 0.25) is 0 Å².